The lowest BCUT2D eigenvalue weighted by atomic mass is 10.1. The van der Waals surface area contributed by atoms with Crippen molar-refractivity contribution in [3.63, 3.8) is 0 Å². The van der Waals surface area contributed by atoms with Gasteiger partial charge in [-0.2, -0.15) is 0 Å². The van der Waals surface area contributed by atoms with Crippen LogP contribution in [-0.2, 0) is 65.4 Å². The van der Waals surface area contributed by atoms with Crippen LogP contribution in [-0.4, -0.2) is 96.7 Å². The van der Waals surface area contributed by atoms with Gasteiger partial charge in [0.1, 0.15) is 19.3 Å². The molecule has 0 aromatic carbocycles. The summed E-state index contributed by atoms with van der Waals surface area (Å²) in [5.74, 6) is -2.26. The summed E-state index contributed by atoms with van der Waals surface area (Å²) in [5.41, 5.74) is 0. The van der Waals surface area contributed by atoms with Gasteiger partial charge in [0, 0.05) is 25.7 Å². The normalized spacial score (nSPS) is 14.6. The zero-order chi connectivity index (χ0) is 78.9. The lowest BCUT2D eigenvalue weighted by Crippen LogP contribution is -2.30. The number of ether oxygens (including phenoxy) is 4. The summed E-state index contributed by atoms with van der Waals surface area (Å²) in [4.78, 5) is 73.2. The first-order valence-corrected chi connectivity index (χ1v) is 44.7. The second kappa shape index (κ2) is 79.8. The highest BCUT2D eigenvalue weighted by atomic mass is 31.2. The lowest BCUT2D eigenvalue weighted by Gasteiger charge is -2.21. The molecule has 0 rings (SSSR count). The first kappa shape index (κ1) is 103. The van der Waals surface area contributed by atoms with Gasteiger partial charge in [-0.1, -0.05) is 282 Å². The van der Waals surface area contributed by atoms with E-state index >= 15 is 0 Å². The van der Waals surface area contributed by atoms with Crippen LogP contribution in [0, 0.1) is 0 Å². The van der Waals surface area contributed by atoms with Gasteiger partial charge in [-0.05, 0) is 173 Å². The van der Waals surface area contributed by atoms with Gasteiger partial charge in [0.05, 0.1) is 26.4 Å². The molecule has 0 fully saturated rings. The second-order valence-corrected chi connectivity index (χ2v) is 30.2. The molecule has 0 aliphatic heterocycles. The van der Waals surface area contributed by atoms with E-state index in [-0.39, 0.29) is 25.7 Å². The zero-order valence-corrected chi connectivity index (χ0v) is 69.3. The first-order valence-electron chi connectivity index (χ1n) is 41.7. The van der Waals surface area contributed by atoms with E-state index in [1.807, 2.05) is 0 Å². The highest BCUT2D eigenvalue weighted by molar-refractivity contribution is 7.47. The molecule has 19 heteroatoms. The van der Waals surface area contributed by atoms with Crippen molar-refractivity contribution in [2.24, 2.45) is 0 Å². The van der Waals surface area contributed by atoms with Crippen LogP contribution in [0.1, 0.15) is 323 Å². The Balaban J connectivity index is 5.46. The number of aliphatic hydroxyl groups is 1. The summed E-state index contributed by atoms with van der Waals surface area (Å²) < 4.78 is 68.7. The number of allylic oxidation sites excluding steroid dienone is 26. The summed E-state index contributed by atoms with van der Waals surface area (Å²) in [6.45, 7) is 4.52. The first-order chi connectivity index (χ1) is 52.7. The average Bonchev–Trinajstić information content (AvgIpc) is 0.896. The van der Waals surface area contributed by atoms with E-state index in [0.29, 0.717) is 25.7 Å². The molecular formula is C89H148O17P2. The van der Waals surface area contributed by atoms with Gasteiger partial charge in [-0.25, -0.2) is 9.13 Å². The molecule has 616 valence electrons. The SMILES string of the molecule is CC/C=C\C/C=C\C/C=C\C/C=C\C/C=C\CCCCCC(=O)OCC(COP(=O)(O)OCC(O)COP(=O)(O)OCC(COC(=O)CCCCCCC/C=C\C/C=C\CCCCC)OC(=O)CCCCCCC/C=C\C/C=C\CCCCC)OC(=O)CCCCCCCC/C=C\C/C=C\C/C=C\C/C=C\CC. The number of unbranched alkanes of at least 4 members (excludes halogenated alkanes) is 25. The monoisotopic (exact) mass is 1550 g/mol. The summed E-state index contributed by atoms with van der Waals surface area (Å²) in [6.07, 6.45) is 93.4. The molecule has 0 amide bonds. The van der Waals surface area contributed by atoms with E-state index in [0.717, 1.165) is 205 Å². The van der Waals surface area contributed by atoms with Crippen LogP contribution < -0.4 is 0 Å². The Bertz CT molecular complexity index is 2660. The van der Waals surface area contributed by atoms with Crippen molar-refractivity contribution in [1.82, 2.24) is 0 Å². The third-order valence-corrected chi connectivity index (χ3v) is 18.9. The quantitative estimate of drug-likeness (QED) is 0.0169. The molecule has 108 heavy (non-hydrogen) atoms. The summed E-state index contributed by atoms with van der Waals surface area (Å²) in [7, 11) is -10.00. The molecule has 0 aromatic rings. The molecule has 0 bridgehead atoms. The van der Waals surface area contributed by atoms with E-state index in [1.165, 1.54) is 38.5 Å². The smallest absolute Gasteiger partial charge is 0.462 e. The summed E-state index contributed by atoms with van der Waals surface area (Å²) in [5, 5.41) is 10.7. The number of aliphatic hydroxyl groups excluding tert-OH is 1. The highest BCUT2D eigenvalue weighted by Crippen LogP contribution is 2.45. The van der Waals surface area contributed by atoms with Crippen molar-refractivity contribution in [2.75, 3.05) is 39.6 Å². The molecule has 17 nitrogen and oxygen atoms in total. The number of rotatable bonds is 77. The lowest BCUT2D eigenvalue weighted by molar-refractivity contribution is -0.161. The van der Waals surface area contributed by atoms with Gasteiger partial charge < -0.3 is 33.8 Å². The fourth-order valence-corrected chi connectivity index (χ4v) is 12.2. The third kappa shape index (κ3) is 78.8. The molecule has 0 aliphatic carbocycles. The topological polar surface area (TPSA) is 237 Å². The van der Waals surface area contributed by atoms with Crippen LogP contribution in [0.15, 0.2) is 158 Å². The van der Waals surface area contributed by atoms with E-state index in [2.05, 4.69) is 186 Å². The fourth-order valence-electron chi connectivity index (χ4n) is 10.7. The van der Waals surface area contributed by atoms with Crippen molar-refractivity contribution in [2.45, 2.75) is 341 Å². The van der Waals surface area contributed by atoms with Crippen molar-refractivity contribution >= 4 is 39.5 Å². The van der Waals surface area contributed by atoms with Crippen LogP contribution in [0.3, 0.4) is 0 Å². The maximum Gasteiger partial charge on any atom is 0.472 e. The van der Waals surface area contributed by atoms with E-state index in [4.69, 9.17) is 37.0 Å². The summed E-state index contributed by atoms with van der Waals surface area (Å²) in [6, 6.07) is 0. The maximum atomic E-state index is 13.1. The molecular weight excluding hydrogens is 1400 g/mol. The van der Waals surface area contributed by atoms with Gasteiger partial charge in [-0.3, -0.25) is 37.3 Å². The molecule has 3 N–H and O–H groups in total. The van der Waals surface area contributed by atoms with Crippen molar-refractivity contribution in [3.8, 4) is 0 Å². The number of hydrogen-bond acceptors (Lipinski definition) is 15. The van der Waals surface area contributed by atoms with Gasteiger partial charge >= 0.3 is 39.5 Å². The predicted octanol–water partition coefficient (Wildman–Crippen LogP) is 24.8. The molecule has 0 saturated heterocycles. The third-order valence-electron chi connectivity index (χ3n) is 17.0. The Morgan fingerprint density at radius 3 is 0.750 bits per heavy atom. The number of carbonyl (C=O) groups is 4. The van der Waals surface area contributed by atoms with E-state index in [9.17, 15) is 43.2 Å². The minimum atomic E-state index is -5.00. The zero-order valence-electron chi connectivity index (χ0n) is 67.5. The van der Waals surface area contributed by atoms with Crippen molar-refractivity contribution in [1.29, 1.82) is 0 Å². The molecule has 0 saturated carbocycles. The van der Waals surface area contributed by atoms with Crippen LogP contribution in [0.25, 0.3) is 0 Å². The summed E-state index contributed by atoms with van der Waals surface area (Å²) >= 11 is 0. The standard InChI is InChI=1S/C89H148O17P2/c1-5-9-13-17-21-25-29-33-37-39-41-43-47-50-54-58-62-66-70-74-87(92)100-80-85(106-89(94)76-72-68-64-60-56-52-48-44-42-40-38-34-30-26-22-18-14-10-6-2)82-104-108(97,98)102-78-83(90)77-101-107(95,96)103-81-84(105-88(93)75-71-67-63-59-55-51-46-36-32-28-24-20-16-12-8-4)79-99-86(91)73-69-65-61-57-53-49-45-35-31-27-23-19-15-11-7-3/h9-10,13-14,21-28,33-38,41-46,50,54,83-85,90H,5-8,11-12,15-20,29-32,39-40,47-49,51-53,55-82H2,1-4H3,(H,95,96)(H,97,98)/b13-9-,14-10-,25-21-,26-22-,27-23-,28-24-,37-33-,38-34-,43-41-,44-42-,45-35-,46-36-,54-50-. The molecule has 0 heterocycles. The predicted molar refractivity (Wildman–Crippen MR) is 445 cm³/mol. The fraction of sp³-hybridized carbons (Fsp3) is 0.663. The van der Waals surface area contributed by atoms with Crippen molar-refractivity contribution < 1.29 is 80.2 Å². The Hall–Kier alpha value is -5.32. The van der Waals surface area contributed by atoms with Gasteiger partial charge in [-0.15, -0.1) is 0 Å². The molecule has 0 aromatic heterocycles. The molecule has 5 atom stereocenters. The maximum absolute atomic E-state index is 13.1. The van der Waals surface area contributed by atoms with Crippen LogP contribution >= 0.6 is 15.6 Å². The van der Waals surface area contributed by atoms with Crippen LogP contribution in [0.5, 0.6) is 0 Å². The van der Waals surface area contributed by atoms with Crippen LogP contribution in [0.4, 0.5) is 0 Å². The van der Waals surface area contributed by atoms with Gasteiger partial charge in [0.15, 0.2) is 12.2 Å². The minimum absolute atomic E-state index is 0.0651. The molecule has 5 unspecified atom stereocenters. The highest BCUT2D eigenvalue weighted by Gasteiger charge is 2.30. The Morgan fingerprint density at radius 1 is 0.269 bits per heavy atom. The average molecular weight is 1550 g/mol. The number of carbonyl (C=O) groups excluding carboxylic acids is 4. The molecule has 0 aliphatic rings. The Labute approximate surface area is 655 Å². The van der Waals surface area contributed by atoms with Gasteiger partial charge in [0.2, 0.25) is 0 Å². The van der Waals surface area contributed by atoms with E-state index < -0.39 is 97.5 Å². The largest absolute Gasteiger partial charge is 0.472 e. The molecule has 0 radical (unpaired) electrons. The van der Waals surface area contributed by atoms with Crippen molar-refractivity contribution in [3.05, 3.63) is 158 Å². The van der Waals surface area contributed by atoms with E-state index in [1.54, 1.807) is 0 Å². The molecule has 0 spiro atoms. The van der Waals surface area contributed by atoms with Gasteiger partial charge in [0.25, 0.3) is 0 Å². The Kier molecular flexibility index (Phi) is 75.8. The number of phosphoric ester groups is 2. The number of phosphoric acid groups is 2. The second-order valence-electron chi connectivity index (χ2n) is 27.3. The number of esters is 4. The Morgan fingerprint density at radius 2 is 0.481 bits per heavy atom. The number of hydrogen-bond donors (Lipinski definition) is 3. The van der Waals surface area contributed by atoms with Crippen LogP contribution in [0.2, 0.25) is 0 Å². The minimum Gasteiger partial charge on any atom is -0.462 e.